The van der Waals surface area contributed by atoms with Gasteiger partial charge in [0.25, 0.3) is 5.91 Å². The van der Waals surface area contributed by atoms with Crippen molar-refractivity contribution < 1.29 is 41.8 Å². The fourth-order valence-corrected chi connectivity index (χ4v) is 10.2. The lowest BCUT2D eigenvalue weighted by Gasteiger charge is -2.48. The summed E-state index contributed by atoms with van der Waals surface area (Å²) in [4.78, 5) is 63.6. The van der Waals surface area contributed by atoms with E-state index < -0.39 is 67.7 Å². The minimum absolute atomic E-state index is 0.00576. The first-order valence-corrected chi connectivity index (χ1v) is 22.5. The number of pyridine rings is 1. The predicted octanol–water partition coefficient (Wildman–Crippen LogP) is 5.57. The van der Waals surface area contributed by atoms with E-state index in [0.29, 0.717) is 62.9 Å². The number of hydrogen-bond acceptors (Lipinski definition) is 10. The molecule has 4 amide bonds. The number of ether oxygens (including phenoxy) is 3. The topological polar surface area (TPSA) is 182 Å². The second-order valence-corrected chi connectivity index (χ2v) is 20.3. The van der Waals surface area contributed by atoms with Crippen molar-refractivity contribution in [1.29, 1.82) is 0 Å². The molecule has 0 unspecified atom stereocenters. The van der Waals surface area contributed by atoms with Gasteiger partial charge in [-0.15, -0.1) is 0 Å². The molecule has 0 radical (unpaired) electrons. The third kappa shape index (κ3) is 7.99. The van der Waals surface area contributed by atoms with Crippen LogP contribution in [0.3, 0.4) is 0 Å². The molecule has 15 heteroatoms. The van der Waals surface area contributed by atoms with Crippen LogP contribution in [0.5, 0.6) is 11.5 Å². The number of rotatable bonds is 8. The number of amides is 4. The molecule has 1 aromatic heterocycles. The van der Waals surface area contributed by atoms with E-state index in [9.17, 15) is 27.6 Å². The molecule has 1 saturated heterocycles. The summed E-state index contributed by atoms with van der Waals surface area (Å²) in [6.45, 7) is 9.78. The van der Waals surface area contributed by atoms with Gasteiger partial charge in [-0.05, 0) is 94.7 Å². The molecule has 5 aliphatic rings. The van der Waals surface area contributed by atoms with Gasteiger partial charge in [0.05, 0.1) is 36.2 Å². The zero-order chi connectivity index (χ0) is 41.6. The first-order chi connectivity index (χ1) is 27.5. The summed E-state index contributed by atoms with van der Waals surface area (Å²) < 4.78 is 46.1. The number of nitrogens with one attached hydrogen (secondary N) is 3. The van der Waals surface area contributed by atoms with Crippen LogP contribution in [0.4, 0.5) is 4.79 Å². The van der Waals surface area contributed by atoms with Gasteiger partial charge in [0.1, 0.15) is 34.7 Å². The van der Waals surface area contributed by atoms with Crippen LogP contribution >= 0.6 is 0 Å². The smallest absolute Gasteiger partial charge is 0.407 e. The average molecular weight is 822 g/mol. The maximum Gasteiger partial charge on any atom is 0.407 e. The molecule has 5 atom stereocenters. The number of fused-ring (bicyclic) bond motifs is 5. The highest BCUT2D eigenvalue weighted by Crippen LogP contribution is 2.48. The van der Waals surface area contributed by atoms with Crippen molar-refractivity contribution in [1.82, 2.24) is 25.2 Å². The van der Waals surface area contributed by atoms with Crippen molar-refractivity contribution in [2.75, 3.05) is 20.3 Å². The first kappa shape index (κ1) is 41.7. The number of allylic oxidation sites excluding steroid dienone is 1. The lowest BCUT2D eigenvalue weighted by atomic mass is 9.65. The Bertz CT molecular complexity index is 2100. The average Bonchev–Trinajstić information content (AvgIpc) is 3.84. The van der Waals surface area contributed by atoms with Crippen molar-refractivity contribution in [3.05, 3.63) is 41.6 Å². The number of aryl methyl sites for hydroxylation is 1. The van der Waals surface area contributed by atoms with Gasteiger partial charge in [-0.25, -0.2) is 18.2 Å². The molecule has 3 aliphatic heterocycles. The predicted molar refractivity (Wildman–Crippen MR) is 218 cm³/mol. The number of carbonyl (C=O) groups excluding carboxylic acids is 4. The molecule has 58 heavy (non-hydrogen) atoms. The van der Waals surface area contributed by atoms with Gasteiger partial charge in [-0.2, -0.15) is 0 Å². The first-order valence-electron chi connectivity index (χ1n) is 21.0. The summed E-state index contributed by atoms with van der Waals surface area (Å²) >= 11 is 0. The highest BCUT2D eigenvalue weighted by molar-refractivity contribution is 7.91. The molecule has 1 aromatic carbocycles. The van der Waals surface area contributed by atoms with Crippen molar-refractivity contribution in [2.45, 2.75) is 146 Å². The van der Waals surface area contributed by atoms with E-state index in [1.165, 1.54) is 4.90 Å². The molecular weight excluding hydrogens is 763 g/mol. The van der Waals surface area contributed by atoms with Crippen LogP contribution in [0.2, 0.25) is 0 Å². The second kappa shape index (κ2) is 16.0. The molecule has 0 bridgehead atoms. The summed E-state index contributed by atoms with van der Waals surface area (Å²) in [7, 11) is -2.39. The molecule has 14 nitrogen and oxygen atoms in total. The quantitative estimate of drug-likeness (QED) is 0.285. The summed E-state index contributed by atoms with van der Waals surface area (Å²) in [6, 6.07) is 3.69. The Kier molecular flexibility index (Phi) is 11.5. The van der Waals surface area contributed by atoms with Crippen LogP contribution in [-0.2, 0) is 35.6 Å². The zero-order valence-electron chi connectivity index (χ0n) is 34.6. The maximum atomic E-state index is 14.9. The molecule has 2 aliphatic carbocycles. The van der Waals surface area contributed by atoms with Gasteiger partial charge in [0.2, 0.25) is 21.8 Å². The molecule has 3 fully saturated rings. The molecular formula is C43H59N5O9S. The van der Waals surface area contributed by atoms with Crippen molar-refractivity contribution >= 4 is 44.7 Å². The highest BCUT2D eigenvalue weighted by atomic mass is 32.2. The van der Waals surface area contributed by atoms with Gasteiger partial charge < -0.3 is 29.7 Å². The highest BCUT2D eigenvalue weighted by Gasteiger charge is 2.59. The largest absolute Gasteiger partial charge is 0.497 e. The summed E-state index contributed by atoms with van der Waals surface area (Å²) in [5, 5.41) is 6.75. The van der Waals surface area contributed by atoms with E-state index in [0.717, 1.165) is 35.0 Å². The standard InChI is InChI=1S/C43H59N5O9S/c1-26(2)24-56-40(52)45-33-13-11-9-7-8-10-12-28-16-19-43(28,39(51)47-58(53,54)41(5)20-21-41)46-37(49)34-23-42(25-48(34)38(33)50)18-17-30-31-22-29(55-6)14-15-32(31)44-35(27(3)4)36(30)57-42/h10,12,14-15,22,26-28,33-34H,7-9,11,13,16-21,23-25H2,1-6H3,(H,45,52)(H,46,49)(H,47,51)/b12-10-/t28-,33+,34+,42-,43-/m1/s1. The number of carbonyl (C=O) groups is 4. The Morgan fingerprint density at radius 1 is 1.07 bits per heavy atom. The fraction of sp³-hybridized carbons (Fsp3) is 0.651. The van der Waals surface area contributed by atoms with Crippen molar-refractivity contribution in [3.63, 3.8) is 0 Å². The third-order valence-electron chi connectivity index (χ3n) is 12.9. The second-order valence-electron chi connectivity index (χ2n) is 18.1. The minimum Gasteiger partial charge on any atom is -0.497 e. The van der Waals surface area contributed by atoms with E-state index >= 15 is 0 Å². The SMILES string of the molecule is COc1ccc2nc(C(C)C)c3c(c2c1)CC[C@]1(C[C@H]2C(=O)N[C@]4(C(=O)NS(=O)(=O)C5(C)CC5)CC[C@H]4/C=C\CCCCC[C@H](NC(=O)OCC(C)C)C(=O)N2C1)O3. The van der Waals surface area contributed by atoms with Gasteiger partial charge in [-0.1, -0.05) is 52.7 Å². The maximum absolute atomic E-state index is 14.9. The van der Waals surface area contributed by atoms with E-state index in [-0.39, 0.29) is 37.8 Å². The van der Waals surface area contributed by atoms with E-state index in [4.69, 9.17) is 19.2 Å². The molecule has 7 rings (SSSR count). The molecule has 4 heterocycles. The van der Waals surface area contributed by atoms with Crippen LogP contribution in [-0.4, -0.2) is 90.3 Å². The lowest BCUT2D eigenvalue weighted by molar-refractivity contribution is -0.144. The van der Waals surface area contributed by atoms with Crippen LogP contribution < -0.4 is 24.8 Å². The minimum atomic E-state index is -4.01. The van der Waals surface area contributed by atoms with Crippen molar-refractivity contribution in [2.24, 2.45) is 11.8 Å². The van der Waals surface area contributed by atoms with Crippen LogP contribution in [0, 0.1) is 11.8 Å². The monoisotopic (exact) mass is 821 g/mol. The van der Waals surface area contributed by atoms with E-state index in [1.807, 2.05) is 58.0 Å². The Morgan fingerprint density at radius 2 is 1.84 bits per heavy atom. The number of alkyl carbamates (subject to hydrolysis) is 1. The Hall–Kier alpha value is -4.40. The number of sulfonamides is 1. The molecule has 3 N–H and O–H groups in total. The van der Waals surface area contributed by atoms with Gasteiger partial charge in [-0.3, -0.25) is 19.1 Å². The number of nitrogens with zero attached hydrogens (tertiary/aromatic N) is 2. The number of hydrogen-bond donors (Lipinski definition) is 3. The van der Waals surface area contributed by atoms with Gasteiger partial charge >= 0.3 is 6.09 Å². The van der Waals surface area contributed by atoms with E-state index in [1.54, 1.807) is 14.0 Å². The summed E-state index contributed by atoms with van der Waals surface area (Å²) in [6.07, 6.45) is 9.31. The van der Waals surface area contributed by atoms with Crippen LogP contribution in [0.1, 0.15) is 122 Å². The lowest BCUT2D eigenvalue weighted by Crippen LogP contribution is -2.70. The van der Waals surface area contributed by atoms with Crippen LogP contribution in [0.25, 0.3) is 10.9 Å². The van der Waals surface area contributed by atoms with Gasteiger partial charge in [0, 0.05) is 23.3 Å². The number of methoxy groups -OCH3 is 1. The number of benzene rings is 1. The molecule has 2 saturated carbocycles. The molecule has 316 valence electrons. The summed E-state index contributed by atoms with van der Waals surface area (Å²) in [5.74, 6) is -0.840. The van der Waals surface area contributed by atoms with Gasteiger partial charge in [0.15, 0.2) is 0 Å². The Morgan fingerprint density at radius 3 is 2.52 bits per heavy atom. The Balaban J connectivity index is 1.27. The van der Waals surface area contributed by atoms with Crippen molar-refractivity contribution in [3.8, 4) is 11.5 Å². The molecule has 2 aromatic rings. The van der Waals surface area contributed by atoms with Crippen LogP contribution in [0.15, 0.2) is 30.4 Å². The Labute approximate surface area is 341 Å². The third-order valence-corrected chi connectivity index (χ3v) is 15.1. The summed E-state index contributed by atoms with van der Waals surface area (Å²) in [5.41, 5.74) is 0.0252. The fourth-order valence-electron chi connectivity index (χ4n) is 8.85. The normalized spacial score (nSPS) is 28.8. The molecule has 1 spiro atoms. The number of aromatic nitrogens is 1. The van der Waals surface area contributed by atoms with E-state index in [2.05, 4.69) is 15.4 Å². The zero-order valence-corrected chi connectivity index (χ0v) is 35.5.